The number of nitrogens with zero attached hydrogens (tertiary/aromatic N) is 2. The summed E-state index contributed by atoms with van der Waals surface area (Å²) < 4.78 is 0. The molecule has 4 atom stereocenters. The van der Waals surface area contributed by atoms with E-state index in [1.54, 1.807) is 0 Å². The van der Waals surface area contributed by atoms with Gasteiger partial charge in [-0.15, -0.1) is 12.3 Å². The molecule has 0 amide bonds. The predicted molar refractivity (Wildman–Crippen MR) is 92.9 cm³/mol. The van der Waals surface area contributed by atoms with E-state index in [-0.39, 0.29) is 0 Å². The fourth-order valence-corrected chi connectivity index (χ4v) is 3.83. The molecule has 0 radical (unpaired) electrons. The first kappa shape index (κ1) is 15.4. The molecule has 1 aromatic rings. The summed E-state index contributed by atoms with van der Waals surface area (Å²) in [7, 11) is 4.15. The van der Waals surface area contributed by atoms with Crippen molar-refractivity contribution in [2.45, 2.75) is 25.4 Å². The lowest BCUT2D eigenvalue weighted by atomic mass is 9.76. The summed E-state index contributed by atoms with van der Waals surface area (Å²) in [5.41, 5.74) is 2.60. The average molecular weight is 297 g/mol. The molecule has 3 heterocycles. The largest absolute Gasteiger partial charge is 0.378 e. The van der Waals surface area contributed by atoms with Crippen LogP contribution >= 0.6 is 0 Å². The van der Waals surface area contributed by atoms with Gasteiger partial charge in [0.15, 0.2) is 0 Å². The lowest BCUT2D eigenvalue weighted by Crippen LogP contribution is -2.55. The molecule has 3 aliphatic heterocycles. The van der Waals surface area contributed by atoms with Crippen molar-refractivity contribution in [1.29, 1.82) is 0 Å². The second-order valence-electron chi connectivity index (χ2n) is 6.90. The van der Waals surface area contributed by atoms with Gasteiger partial charge in [-0.25, -0.2) is 0 Å². The van der Waals surface area contributed by atoms with Crippen LogP contribution in [-0.2, 0) is 6.54 Å². The van der Waals surface area contributed by atoms with Crippen molar-refractivity contribution in [3.05, 3.63) is 29.8 Å². The number of rotatable bonds is 5. The summed E-state index contributed by atoms with van der Waals surface area (Å²) in [6.07, 6.45) is 8.20. The number of benzene rings is 1. The molecule has 22 heavy (non-hydrogen) atoms. The summed E-state index contributed by atoms with van der Waals surface area (Å²) in [5.74, 6) is 4.23. The SMILES string of the molecule is C#CC1CN2CCC1CC2CNCc1ccc(N(C)C)cc1. The number of fused-ring (bicyclic) bond motifs is 3. The highest BCUT2D eigenvalue weighted by Crippen LogP contribution is 2.35. The third-order valence-electron chi connectivity index (χ3n) is 5.25. The van der Waals surface area contributed by atoms with Crippen LogP contribution in [0, 0.1) is 24.2 Å². The summed E-state index contributed by atoms with van der Waals surface area (Å²) >= 11 is 0. The predicted octanol–water partition coefficient (Wildman–Crippen LogP) is 2.19. The van der Waals surface area contributed by atoms with Gasteiger partial charge in [0.2, 0.25) is 0 Å². The van der Waals surface area contributed by atoms with Crippen LogP contribution in [0.2, 0.25) is 0 Å². The first-order chi connectivity index (χ1) is 10.7. The molecular weight excluding hydrogens is 270 g/mol. The molecule has 3 heteroatoms. The van der Waals surface area contributed by atoms with Gasteiger partial charge < -0.3 is 10.2 Å². The minimum atomic E-state index is 0.489. The second-order valence-corrected chi connectivity index (χ2v) is 6.90. The van der Waals surface area contributed by atoms with E-state index in [4.69, 9.17) is 6.42 Å². The lowest BCUT2D eigenvalue weighted by Gasteiger charge is -2.48. The molecule has 0 aromatic heterocycles. The van der Waals surface area contributed by atoms with Crippen molar-refractivity contribution in [2.75, 3.05) is 38.6 Å². The number of piperidine rings is 3. The lowest BCUT2D eigenvalue weighted by molar-refractivity contribution is 0.0227. The molecular formula is C19H27N3. The Morgan fingerprint density at radius 1 is 1.32 bits per heavy atom. The molecule has 0 aliphatic carbocycles. The zero-order valence-corrected chi connectivity index (χ0v) is 13.8. The Hall–Kier alpha value is -1.50. The Kier molecular flexibility index (Phi) is 4.71. The van der Waals surface area contributed by atoms with Gasteiger partial charge in [-0.2, -0.15) is 0 Å². The summed E-state index contributed by atoms with van der Waals surface area (Å²) in [4.78, 5) is 4.72. The van der Waals surface area contributed by atoms with Gasteiger partial charge in [0.05, 0.1) is 0 Å². The topological polar surface area (TPSA) is 18.5 Å². The molecule has 3 aliphatic rings. The highest BCUT2D eigenvalue weighted by Gasteiger charge is 2.38. The fourth-order valence-electron chi connectivity index (χ4n) is 3.83. The van der Waals surface area contributed by atoms with Crippen molar-refractivity contribution in [1.82, 2.24) is 10.2 Å². The summed E-state index contributed by atoms with van der Waals surface area (Å²) in [6.45, 7) is 4.35. The smallest absolute Gasteiger partial charge is 0.0361 e. The third kappa shape index (κ3) is 3.29. The fraction of sp³-hybridized carbons (Fsp3) is 0.579. The van der Waals surface area contributed by atoms with E-state index >= 15 is 0 Å². The minimum Gasteiger partial charge on any atom is -0.378 e. The number of hydrogen-bond donors (Lipinski definition) is 1. The average Bonchev–Trinajstić information content (AvgIpc) is 2.56. The van der Waals surface area contributed by atoms with E-state index in [0.717, 1.165) is 25.6 Å². The molecule has 3 nitrogen and oxygen atoms in total. The van der Waals surface area contributed by atoms with Crippen molar-refractivity contribution in [2.24, 2.45) is 11.8 Å². The van der Waals surface area contributed by atoms with Gasteiger partial charge in [0, 0.05) is 51.4 Å². The van der Waals surface area contributed by atoms with Crippen LogP contribution in [0.5, 0.6) is 0 Å². The highest BCUT2D eigenvalue weighted by molar-refractivity contribution is 5.45. The first-order valence-electron chi connectivity index (χ1n) is 8.34. The van der Waals surface area contributed by atoms with Crippen LogP contribution in [0.3, 0.4) is 0 Å². The van der Waals surface area contributed by atoms with Crippen molar-refractivity contribution >= 4 is 5.69 Å². The summed E-state index contributed by atoms with van der Waals surface area (Å²) in [6, 6.07) is 9.46. The van der Waals surface area contributed by atoms with E-state index in [1.165, 1.54) is 30.6 Å². The van der Waals surface area contributed by atoms with Crippen LogP contribution in [0.15, 0.2) is 24.3 Å². The molecule has 1 N–H and O–H groups in total. The van der Waals surface area contributed by atoms with E-state index in [2.05, 4.69) is 59.4 Å². The number of anilines is 1. The van der Waals surface area contributed by atoms with Crippen LogP contribution in [-0.4, -0.2) is 44.7 Å². The van der Waals surface area contributed by atoms with Crippen LogP contribution in [0.25, 0.3) is 0 Å². The maximum Gasteiger partial charge on any atom is 0.0361 e. The van der Waals surface area contributed by atoms with Crippen molar-refractivity contribution in [3.63, 3.8) is 0 Å². The molecule has 1 aromatic carbocycles. The van der Waals surface area contributed by atoms with E-state index in [1.807, 2.05) is 0 Å². The highest BCUT2D eigenvalue weighted by atomic mass is 15.2. The maximum absolute atomic E-state index is 5.65. The van der Waals surface area contributed by atoms with Crippen molar-refractivity contribution in [3.8, 4) is 12.3 Å². The molecule has 3 fully saturated rings. The molecule has 0 saturated carbocycles. The maximum atomic E-state index is 5.65. The second kappa shape index (κ2) is 6.73. The molecule has 2 bridgehead atoms. The Labute approximate surface area is 134 Å². The molecule has 4 unspecified atom stereocenters. The Morgan fingerprint density at radius 3 is 2.68 bits per heavy atom. The number of terminal acetylenes is 1. The summed E-state index contributed by atoms with van der Waals surface area (Å²) in [5, 5.41) is 3.63. The minimum absolute atomic E-state index is 0.489. The van der Waals surface area contributed by atoms with Gasteiger partial charge in [-0.05, 0) is 43.0 Å². The van der Waals surface area contributed by atoms with E-state index in [0.29, 0.717) is 12.0 Å². The van der Waals surface area contributed by atoms with E-state index < -0.39 is 0 Å². The van der Waals surface area contributed by atoms with Crippen molar-refractivity contribution < 1.29 is 0 Å². The van der Waals surface area contributed by atoms with Gasteiger partial charge >= 0.3 is 0 Å². The zero-order chi connectivity index (χ0) is 15.5. The molecule has 3 saturated heterocycles. The number of nitrogens with one attached hydrogen (secondary N) is 1. The van der Waals surface area contributed by atoms with E-state index in [9.17, 15) is 0 Å². The molecule has 4 rings (SSSR count). The Balaban J connectivity index is 1.47. The Bertz CT molecular complexity index is 529. The quantitative estimate of drug-likeness (QED) is 0.841. The molecule has 0 spiro atoms. The standard InChI is InChI=1S/C19H27N3/c1-4-16-14-22-10-9-17(16)11-19(22)13-20-12-15-5-7-18(8-6-15)21(2)3/h1,5-8,16-17,19-20H,9-14H2,2-3H3. The molecule has 118 valence electrons. The van der Waals surface area contributed by atoms with Gasteiger partial charge in [0.1, 0.15) is 0 Å². The normalized spacial score (nSPS) is 30.0. The monoisotopic (exact) mass is 297 g/mol. The van der Waals surface area contributed by atoms with Crippen LogP contribution in [0.4, 0.5) is 5.69 Å². The van der Waals surface area contributed by atoms with Crippen LogP contribution < -0.4 is 10.2 Å². The zero-order valence-electron chi connectivity index (χ0n) is 13.8. The van der Waals surface area contributed by atoms with Gasteiger partial charge in [-0.3, -0.25) is 4.90 Å². The van der Waals surface area contributed by atoms with Gasteiger partial charge in [-0.1, -0.05) is 12.1 Å². The van der Waals surface area contributed by atoms with Gasteiger partial charge in [0.25, 0.3) is 0 Å². The first-order valence-corrected chi connectivity index (χ1v) is 8.34. The van der Waals surface area contributed by atoms with Crippen LogP contribution in [0.1, 0.15) is 18.4 Å². The third-order valence-corrected chi connectivity index (χ3v) is 5.25. The number of hydrogen-bond acceptors (Lipinski definition) is 3. The Morgan fingerprint density at radius 2 is 2.09 bits per heavy atom.